The number of esters is 1. The highest BCUT2D eigenvalue weighted by Crippen LogP contribution is 2.26. The van der Waals surface area contributed by atoms with E-state index in [9.17, 15) is 17.6 Å². The SMILES string of the molecule is CCOC(=O)c1cc(S(=O)(=O)N2CCN(c3ccccc3F)CC2)c(C)n1C. The Kier molecular flexibility index (Phi) is 5.76. The van der Waals surface area contributed by atoms with Gasteiger partial charge in [0.05, 0.1) is 12.3 Å². The highest BCUT2D eigenvalue weighted by Gasteiger charge is 2.33. The van der Waals surface area contributed by atoms with Crippen LogP contribution in [-0.4, -0.2) is 56.0 Å². The zero-order valence-corrected chi connectivity index (χ0v) is 17.0. The number of ether oxygens (including phenoxy) is 1. The van der Waals surface area contributed by atoms with E-state index < -0.39 is 16.0 Å². The van der Waals surface area contributed by atoms with E-state index in [0.717, 1.165) is 0 Å². The van der Waals surface area contributed by atoms with Gasteiger partial charge in [0, 0.05) is 38.9 Å². The summed E-state index contributed by atoms with van der Waals surface area (Å²) in [7, 11) is -2.14. The van der Waals surface area contributed by atoms with Crippen LogP contribution in [0, 0.1) is 12.7 Å². The number of aromatic nitrogens is 1. The Hall–Kier alpha value is -2.39. The number of carbonyl (C=O) groups is 1. The van der Waals surface area contributed by atoms with Crippen molar-refractivity contribution in [2.75, 3.05) is 37.7 Å². The molecule has 1 aromatic heterocycles. The smallest absolute Gasteiger partial charge is 0.354 e. The van der Waals surface area contributed by atoms with E-state index in [1.807, 2.05) is 4.90 Å². The summed E-state index contributed by atoms with van der Waals surface area (Å²) in [5.41, 5.74) is 1.14. The Balaban J connectivity index is 1.81. The molecule has 0 aliphatic carbocycles. The molecule has 1 aliphatic rings. The highest BCUT2D eigenvalue weighted by molar-refractivity contribution is 7.89. The predicted molar refractivity (Wildman–Crippen MR) is 103 cm³/mol. The normalized spacial score (nSPS) is 15.6. The predicted octanol–water partition coefficient (Wildman–Crippen LogP) is 2.16. The molecule has 1 fully saturated rings. The average molecular weight is 409 g/mol. The first kappa shape index (κ1) is 20.3. The summed E-state index contributed by atoms with van der Waals surface area (Å²) in [5, 5.41) is 0. The highest BCUT2D eigenvalue weighted by atomic mass is 32.2. The minimum atomic E-state index is -3.77. The third-order valence-electron chi connectivity index (χ3n) is 5.02. The maximum Gasteiger partial charge on any atom is 0.354 e. The van der Waals surface area contributed by atoms with Gasteiger partial charge in [-0.15, -0.1) is 0 Å². The zero-order valence-electron chi connectivity index (χ0n) is 16.2. The number of sulfonamides is 1. The molecule has 28 heavy (non-hydrogen) atoms. The number of nitrogens with zero attached hydrogens (tertiary/aromatic N) is 3. The molecule has 3 rings (SSSR count). The number of piperazine rings is 1. The summed E-state index contributed by atoms with van der Waals surface area (Å²) in [6.07, 6.45) is 0. The Labute approximate surface area is 164 Å². The summed E-state index contributed by atoms with van der Waals surface area (Å²) in [6, 6.07) is 7.83. The van der Waals surface area contributed by atoms with Crippen molar-refractivity contribution in [3.8, 4) is 0 Å². The van der Waals surface area contributed by atoms with Crippen molar-refractivity contribution < 1.29 is 22.3 Å². The van der Waals surface area contributed by atoms with Crippen molar-refractivity contribution in [2.24, 2.45) is 7.05 Å². The first-order chi connectivity index (χ1) is 13.3. The number of hydrogen-bond acceptors (Lipinski definition) is 5. The molecule has 0 amide bonds. The number of rotatable bonds is 5. The number of halogens is 1. The monoisotopic (exact) mass is 409 g/mol. The fourth-order valence-electron chi connectivity index (χ4n) is 3.35. The molecule has 152 valence electrons. The summed E-state index contributed by atoms with van der Waals surface area (Å²) in [6.45, 7) is 4.81. The van der Waals surface area contributed by atoms with E-state index in [1.54, 1.807) is 39.1 Å². The Morgan fingerprint density at radius 3 is 2.43 bits per heavy atom. The van der Waals surface area contributed by atoms with Crippen molar-refractivity contribution in [3.05, 3.63) is 47.5 Å². The molecule has 0 radical (unpaired) electrons. The van der Waals surface area contributed by atoms with Crippen LogP contribution in [0.4, 0.5) is 10.1 Å². The van der Waals surface area contributed by atoms with Crippen molar-refractivity contribution >= 4 is 21.7 Å². The summed E-state index contributed by atoms with van der Waals surface area (Å²) >= 11 is 0. The molecule has 1 saturated heterocycles. The minimum absolute atomic E-state index is 0.0948. The topological polar surface area (TPSA) is 71.8 Å². The number of anilines is 1. The van der Waals surface area contributed by atoms with Crippen molar-refractivity contribution in [3.63, 3.8) is 0 Å². The molecule has 0 spiro atoms. The number of carbonyl (C=O) groups excluding carboxylic acids is 1. The van der Waals surface area contributed by atoms with Crippen LogP contribution in [0.3, 0.4) is 0 Å². The second-order valence-electron chi connectivity index (χ2n) is 6.60. The van der Waals surface area contributed by atoms with Gasteiger partial charge in [-0.2, -0.15) is 4.31 Å². The van der Waals surface area contributed by atoms with Gasteiger partial charge in [-0.25, -0.2) is 17.6 Å². The molecule has 0 N–H and O–H groups in total. The Morgan fingerprint density at radius 2 is 1.82 bits per heavy atom. The lowest BCUT2D eigenvalue weighted by molar-refractivity contribution is 0.0515. The van der Waals surface area contributed by atoms with E-state index in [0.29, 0.717) is 24.5 Å². The van der Waals surface area contributed by atoms with Gasteiger partial charge in [0.15, 0.2) is 0 Å². The number of benzene rings is 1. The molecule has 1 aromatic carbocycles. The van der Waals surface area contributed by atoms with Crippen molar-refractivity contribution in [1.82, 2.24) is 8.87 Å². The lowest BCUT2D eigenvalue weighted by Crippen LogP contribution is -2.49. The molecule has 2 aromatic rings. The lowest BCUT2D eigenvalue weighted by atomic mass is 10.2. The molecule has 0 unspecified atom stereocenters. The molecular weight excluding hydrogens is 385 g/mol. The maximum absolute atomic E-state index is 14.0. The quantitative estimate of drug-likeness (QED) is 0.708. The lowest BCUT2D eigenvalue weighted by Gasteiger charge is -2.35. The Morgan fingerprint density at radius 1 is 1.18 bits per heavy atom. The van der Waals surface area contributed by atoms with E-state index in [1.165, 1.54) is 21.0 Å². The third kappa shape index (κ3) is 3.64. The third-order valence-corrected chi connectivity index (χ3v) is 7.04. The largest absolute Gasteiger partial charge is 0.461 e. The van der Waals surface area contributed by atoms with Gasteiger partial charge in [0.1, 0.15) is 16.4 Å². The van der Waals surface area contributed by atoms with Crippen molar-refractivity contribution in [1.29, 1.82) is 0 Å². The van der Waals surface area contributed by atoms with Crippen LogP contribution in [0.15, 0.2) is 35.2 Å². The zero-order chi connectivity index (χ0) is 20.5. The van der Waals surface area contributed by atoms with Crippen molar-refractivity contribution in [2.45, 2.75) is 18.7 Å². The number of para-hydroxylation sites is 1. The van der Waals surface area contributed by atoms with E-state index in [2.05, 4.69) is 0 Å². The van der Waals surface area contributed by atoms with Gasteiger partial charge in [-0.3, -0.25) is 0 Å². The molecular formula is C19H24FN3O4S. The fraction of sp³-hybridized carbons (Fsp3) is 0.421. The minimum Gasteiger partial charge on any atom is -0.461 e. The van der Waals surface area contributed by atoms with E-state index in [4.69, 9.17) is 4.74 Å². The second-order valence-corrected chi connectivity index (χ2v) is 8.51. The summed E-state index contributed by atoms with van der Waals surface area (Å²) < 4.78 is 48.2. The molecule has 2 heterocycles. The van der Waals surface area contributed by atoms with Crippen LogP contribution in [0.1, 0.15) is 23.1 Å². The molecule has 0 atom stereocenters. The van der Waals surface area contributed by atoms with Crippen LogP contribution < -0.4 is 4.90 Å². The maximum atomic E-state index is 14.0. The van der Waals surface area contributed by atoms with Crippen LogP contribution in [0.2, 0.25) is 0 Å². The first-order valence-corrected chi connectivity index (χ1v) is 10.5. The number of hydrogen-bond donors (Lipinski definition) is 0. The summed E-state index contributed by atoms with van der Waals surface area (Å²) in [4.78, 5) is 14.0. The van der Waals surface area contributed by atoms with Gasteiger partial charge >= 0.3 is 5.97 Å². The van der Waals surface area contributed by atoms with Crippen LogP contribution >= 0.6 is 0 Å². The first-order valence-electron chi connectivity index (χ1n) is 9.10. The second kappa shape index (κ2) is 7.92. The van der Waals surface area contributed by atoms with Gasteiger partial charge in [0.25, 0.3) is 0 Å². The van der Waals surface area contributed by atoms with E-state index in [-0.39, 0.29) is 36.1 Å². The van der Waals surface area contributed by atoms with Crippen LogP contribution in [0.5, 0.6) is 0 Å². The molecule has 0 saturated carbocycles. The Bertz CT molecular complexity index is 979. The van der Waals surface area contributed by atoms with Gasteiger partial charge in [-0.05, 0) is 32.0 Å². The van der Waals surface area contributed by atoms with E-state index >= 15 is 0 Å². The average Bonchev–Trinajstić information content (AvgIpc) is 2.98. The molecule has 9 heteroatoms. The molecule has 0 bridgehead atoms. The fourth-order valence-corrected chi connectivity index (χ4v) is 5.04. The molecule has 7 nitrogen and oxygen atoms in total. The van der Waals surface area contributed by atoms with Gasteiger partial charge in [0.2, 0.25) is 10.0 Å². The van der Waals surface area contributed by atoms with Crippen LogP contribution in [0.25, 0.3) is 0 Å². The standard InChI is InChI=1S/C19H24FN3O4S/c1-4-27-19(24)17-13-18(14(2)21(17)3)28(25,26)23-11-9-22(10-12-23)16-8-6-5-7-15(16)20/h5-8,13H,4,9-12H2,1-3H3. The molecule has 1 aliphatic heterocycles. The van der Waals surface area contributed by atoms with Gasteiger partial charge in [-0.1, -0.05) is 12.1 Å². The summed E-state index contributed by atoms with van der Waals surface area (Å²) in [5.74, 6) is -0.879. The van der Waals surface area contributed by atoms with Gasteiger partial charge < -0.3 is 14.2 Å². The van der Waals surface area contributed by atoms with Crippen LogP contribution in [-0.2, 0) is 21.8 Å².